The fourth-order valence-electron chi connectivity index (χ4n) is 8.43. The Bertz CT molecular complexity index is 1070. The van der Waals surface area contributed by atoms with Gasteiger partial charge in [-0.15, -0.1) is 0 Å². The highest BCUT2D eigenvalue weighted by molar-refractivity contribution is 5.94. The van der Waals surface area contributed by atoms with Crippen molar-refractivity contribution in [2.75, 3.05) is 25.6 Å². The first kappa shape index (κ1) is 20.0. The van der Waals surface area contributed by atoms with E-state index in [1.54, 1.807) is 0 Å². The van der Waals surface area contributed by atoms with Gasteiger partial charge in [-0.3, -0.25) is 9.59 Å². The average molecular weight is 440 g/mol. The Kier molecular flexibility index (Phi) is 3.66. The van der Waals surface area contributed by atoms with Crippen LogP contribution in [0.3, 0.4) is 0 Å². The number of esters is 2. The molecule has 5 aliphatic heterocycles. The van der Waals surface area contributed by atoms with Crippen LogP contribution in [0.4, 0.5) is 5.69 Å². The van der Waals surface area contributed by atoms with Gasteiger partial charge >= 0.3 is 11.9 Å². The zero-order valence-electron chi connectivity index (χ0n) is 18.8. The number of amides is 1. The number of methoxy groups -OCH3 is 1. The number of ether oxygens (including phenoxy) is 3. The fraction of sp³-hybridized carbons (Fsp3) is 0.625. The molecule has 2 spiro atoms. The van der Waals surface area contributed by atoms with Crippen molar-refractivity contribution in [2.45, 2.75) is 68.4 Å². The summed E-state index contributed by atoms with van der Waals surface area (Å²) < 4.78 is 18.3. The third-order valence-electron chi connectivity index (χ3n) is 9.05. The van der Waals surface area contributed by atoms with Gasteiger partial charge in [-0.05, 0) is 30.9 Å². The monoisotopic (exact) mass is 440 g/mol. The summed E-state index contributed by atoms with van der Waals surface area (Å²) in [6.07, 6.45) is 1.47. The van der Waals surface area contributed by atoms with Crippen molar-refractivity contribution >= 4 is 23.5 Å². The molecule has 32 heavy (non-hydrogen) atoms. The second-order valence-corrected chi connectivity index (χ2v) is 9.86. The van der Waals surface area contributed by atoms with E-state index >= 15 is 0 Å². The number of nitrogens with zero attached hydrogens (tertiary/aromatic N) is 2. The molecule has 6 atom stereocenters. The summed E-state index contributed by atoms with van der Waals surface area (Å²) >= 11 is 0. The maximum Gasteiger partial charge on any atom is 0.344 e. The Morgan fingerprint density at radius 3 is 2.72 bits per heavy atom. The van der Waals surface area contributed by atoms with E-state index in [1.807, 2.05) is 42.0 Å². The van der Waals surface area contributed by atoms with Gasteiger partial charge in [0.1, 0.15) is 0 Å². The molecule has 5 aliphatic rings. The number of hydrogen-bond donors (Lipinski definition) is 0. The van der Waals surface area contributed by atoms with Crippen molar-refractivity contribution in [1.82, 2.24) is 4.90 Å². The van der Waals surface area contributed by atoms with Crippen LogP contribution in [-0.4, -0.2) is 66.9 Å². The highest BCUT2D eigenvalue weighted by atomic mass is 16.6. The Morgan fingerprint density at radius 1 is 1.28 bits per heavy atom. The van der Waals surface area contributed by atoms with Crippen LogP contribution < -0.4 is 4.90 Å². The number of rotatable bonds is 3. The van der Waals surface area contributed by atoms with Crippen molar-refractivity contribution < 1.29 is 28.6 Å². The zero-order valence-corrected chi connectivity index (χ0v) is 18.8. The van der Waals surface area contributed by atoms with Crippen LogP contribution in [0.25, 0.3) is 0 Å². The number of piperidine rings is 1. The summed E-state index contributed by atoms with van der Waals surface area (Å²) in [5.41, 5.74) is -2.09. The van der Waals surface area contributed by atoms with Crippen molar-refractivity contribution in [1.29, 1.82) is 0 Å². The molecule has 0 aromatic heterocycles. The van der Waals surface area contributed by atoms with E-state index in [9.17, 15) is 14.4 Å². The van der Waals surface area contributed by atoms with Crippen LogP contribution in [0.5, 0.6) is 0 Å². The van der Waals surface area contributed by atoms with Crippen LogP contribution >= 0.6 is 0 Å². The Morgan fingerprint density at radius 2 is 2.03 bits per heavy atom. The summed E-state index contributed by atoms with van der Waals surface area (Å²) in [6, 6.07) is 7.49. The van der Waals surface area contributed by atoms with Gasteiger partial charge in [0.05, 0.1) is 24.0 Å². The summed E-state index contributed by atoms with van der Waals surface area (Å²) in [5.74, 6) is -0.991. The number of carbonyl (C=O) groups is 3. The number of anilines is 1. The summed E-state index contributed by atoms with van der Waals surface area (Å²) in [5, 5.41) is 0. The van der Waals surface area contributed by atoms with Gasteiger partial charge in [-0.2, -0.15) is 0 Å². The smallest absolute Gasteiger partial charge is 0.344 e. The molecule has 2 bridgehead atoms. The molecule has 1 aromatic carbocycles. The first-order valence-corrected chi connectivity index (χ1v) is 11.4. The van der Waals surface area contributed by atoms with Crippen LogP contribution in [0.15, 0.2) is 24.3 Å². The number of para-hydroxylation sites is 1. The Labute approximate surface area is 186 Å². The van der Waals surface area contributed by atoms with Gasteiger partial charge < -0.3 is 24.0 Å². The molecule has 0 aliphatic carbocycles. The maximum absolute atomic E-state index is 13.7. The number of benzene rings is 1. The van der Waals surface area contributed by atoms with Gasteiger partial charge in [0.15, 0.2) is 11.8 Å². The lowest BCUT2D eigenvalue weighted by molar-refractivity contribution is -0.212. The fourth-order valence-corrected chi connectivity index (χ4v) is 8.43. The maximum atomic E-state index is 13.7. The first-order chi connectivity index (χ1) is 15.3. The molecule has 170 valence electrons. The van der Waals surface area contributed by atoms with Gasteiger partial charge in [0.2, 0.25) is 11.5 Å². The van der Waals surface area contributed by atoms with E-state index in [0.717, 1.165) is 17.7 Å². The van der Waals surface area contributed by atoms with Crippen LogP contribution in [0.2, 0.25) is 0 Å². The van der Waals surface area contributed by atoms with Crippen LogP contribution in [-0.2, 0) is 34.0 Å². The lowest BCUT2D eigenvalue weighted by Crippen LogP contribution is -2.76. The number of fused-ring (bicyclic) bond motifs is 3. The summed E-state index contributed by atoms with van der Waals surface area (Å²) in [6.45, 7) is 3.96. The van der Waals surface area contributed by atoms with Crippen LogP contribution in [0, 0.1) is 5.41 Å². The van der Waals surface area contributed by atoms with E-state index in [4.69, 9.17) is 14.2 Å². The van der Waals surface area contributed by atoms with Gasteiger partial charge in [-0.1, -0.05) is 25.1 Å². The lowest BCUT2D eigenvalue weighted by Gasteiger charge is -2.59. The molecule has 1 aromatic rings. The van der Waals surface area contributed by atoms with Gasteiger partial charge in [0.25, 0.3) is 0 Å². The summed E-state index contributed by atoms with van der Waals surface area (Å²) in [4.78, 5) is 43.5. The quantitative estimate of drug-likeness (QED) is 0.662. The Hall–Kier alpha value is -2.61. The molecule has 6 rings (SSSR count). The second kappa shape index (κ2) is 5.84. The number of likely N-dealkylation sites (N-methyl/N-ethyl adjacent to an activating group) is 1. The van der Waals surface area contributed by atoms with E-state index in [2.05, 4.69) is 6.07 Å². The molecule has 8 nitrogen and oxygen atoms in total. The standard InChI is InChI=1S/C24H28N2O6/c1-5-21-11-8-12-26-17(28)13-22-15-9-6-7-10-16(15)25(3)18(22)23(20(29)30-4,32-24(21,22)26)19(21)31-14(2)27/h6-7,9-10,18-19H,5,8,11-13H2,1-4H3/t18-,19+,21+,22+,23+,24+/m1/s1. The van der Waals surface area contributed by atoms with Gasteiger partial charge in [0, 0.05) is 32.6 Å². The minimum absolute atomic E-state index is 0.0274. The van der Waals surface area contributed by atoms with Crippen molar-refractivity contribution in [3.05, 3.63) is 29.8 Å². The summed E-state index contributed by atoms with van der Waals surface area (Å²) in [7, 11) is 3.27. The Balaban J connectivity index is 1.75. The minimum Gasteiger partial charge on any atom is -0.467 e. The predicted molar refractivity (Wildman–Crippen MR) is 113 cm³/mol. The second-order valence-electron chi connectivity index (χ2n) is 9.86. The first-order valence-electron chi connectivity index (χ1n) is 11.4. The molecular weight excluding hydrogens is 412 g/mol. The average Bonchev–Trinajstić information content (AvgIpc) is 3.38. The predicted octanol–water partition coefficient (Wildman–Crippen LogP) is 1.75. The van der Waals surface area contributed by atoms with Crippen LogP contribution in [0.1, 0.15) is 45.1 Å². The molecule has 0 unspecified atom stereocenters. The van der Waals surface area contributed by atoms with E-state index < -0.39 is 46.2 Å². The normalized spacial score (nSPS) is 42.6. The zero-order chi connectivity index (χ0) is 22.7. The molecule has 0 radical (unpaired) electrons. The highest BCUT2D eigenvalue weighted by Gasteiger charge is 2.96. The van der Waals surface area contributed by atoms with Gasteiger partial charge in [-0.25, -0.2) is 4.79 Å². The molecule has 0 N–H and O–H groups in total. The van der Waals surface area contributed by atoms with E-state index in [1.165, 1.54) is 14.0 Å². The molecule has 8 heteroatoms. The topological polar surface area (TPSA) is 85.4 Å². The highest BCUT2D eigenvalue weighted by Crippen LogP contribution is 2.80. The van der Waals surface area contributed by atoms with Crippen molar-refractivity contribution in [3.8, 4) is 0 Å². The van der Waals surface area contributed by atoms with E-state index in [-0.39, 0.29) is 12.3 Å². The third-order valence-corrected chi connectivity index (χ3v) is 9.05. The molecule has 4 saturated heterocycles. The number of carbonyl (C=O) groups excluding carboxylic acids is 3. The minimum atomic E-state index is -1.53. The number of hydrogen-bond acceptors (Lipinski definition) is 7. The molecule has 5 heterocycles. The lowest BCUT2D eigenvalue weighted by atomic mass is 9.48. The van der Waals surface area contributed by atoms with E-state index in [0.29, 0.717) is 19.4 Å². The molecule has 4 fully saturated rings. The third kappa shape index (κ3) is 1.65. The van der Waals surface area contributed by atoms with Crippen molar-refractivity contribution in [2.24, 2.45) is 5.41 Å². The largest absolute Gasteiger partial charge is 0.467 e. The molecule has 0 saturated carbocycles. The molecule has 1 amide bonds. The van der Waals surface area contributed by atoms with Crippen molar-refractivity contribution in [3.63, 3.8) is 0 Å². The molecular formula is C24H28N2O6. The SMILES string of the molecule is CC[C@@]12CCCN3C(=O)C[C@]45c6ccccc6N(C)[C@H]4[C@](C(=O)OC)(O[C@@]315)[C@H]2OC(C)=O.